The molecule has 1 rings (SSSR count). The highest BCUT2D eigenvalue weighted by molar-refractivity contribution is 7.99. The van der Waals surface area contributed by atoms with E-state index in [2.05, 4.69) is 4.74 Å². The third kappa shape index (κ3) is 4.92. The maximum atomic E-state index is 13.0. The average molecular weight is 284 g/mol. The van der Waals surface area contributed by atoms with Crippen LogP contribution in [-0.4, -0.2) is 29.8 Å². The minimum absolute atomic E-state index is 0.301. The van der Waals surface area contributed by atoms with Crippen molar-refractivity contribution in [1.82, 2.24) is 0 Å². The number of carboxylic acid groups (broad SMARTS) is 1. The molecule has 1 aromatic carbocycles. The third-order valence-corrected chi connectivity index (χ3v) is 2.61. The molecule has 0 aliphatic carbocycles. The molecule has 0 saturated carbocycles. The van der Waals surface area contributed by atoms with Crippen LogP contribution in [0.1, 0.15) is 10.4 Å². The number of carboxylic acids is 1. The van der Waals surface area contributed by atoms with Crippen molar-refractivity contribution in [3.63, 3.8) is 0 Å². The van der Waals surface area contributed by atoms with E-state index in [1.54, 1.807) is 0 Å². The van der Waals surface area contributed by atoms with Crippen LogP contribution in [0.25, 0.3) is 0 Å². The number of thioether (sulfide) groups is 1. The van der Waals surface area contributed by atoms with Crippen molar-refractivity contribution >= 4 is 17.7 Å². The Kier molecular flexibility index (Phi) is 4.97. The van der Waals surface area contributed by atoms with Gasteiger partial charge in [-0.05, 0) is 18.2 Å². The molecule has 1 aromatic rings. The molecule has 8 heteroatoms. The van der Waals surface area contributed by atoms with Gasteiger partial charge in [0.25, 0.3) is 0 Å². The number of rotatable bonds is 5. The number of alkyl halides is 3. The van der Waals surface area contributed by atoms with Gasteiger partial charge in [0.2, 0.25) is 0 Å². The lowest BCUT2D eigenvalue weighted by atomic mass is 10.2. The first kappa shape index (κ1) is 14.8. The quantitative estimate of drug-likeness (QED) is 0.390. The molecule has 1 N–H and O–H groups in total. The average Bonchev–Trinajstić information content (AvgIpc) is 2.24. The maximum absolute atomic E-state index is 13.0. The van der Waals surface area contributed by atoms with E-state index in [-0.39, 0.29) is 5.94 Å². The van der Waals surface area contributed by atoms with Crippen LogP contribution in [0.3, 0.4) is 0 Å². The van der Waals surface area contributed by atoms with Crippen molar-refractivity contribution in [2.75, 3.05) is 12.5 Å². The van der Waals surface area contributed by atoms with E-state index < -0.39 is 30.1 Å². The second-order valence-electron chi connectivity index (χ2n) is 3.17. The van der Waals surface area contributed by atoms with Crippen molar-refractivity contribution in [1.29, 1.82) is 0 Å². The fourth-order valence-electron chi connectivity index (χ4n) is 1.03. The number of halogens is 4. The van der Waals surface area contributed by atoms with E-state index >= 15 is 0 Å². The number of hydrogen-bond acceptors (Lipinski definition) is 3. The van der Waals surface area contributed by atoms with Gasteiger partial charge in [-0.3, -0.25) is 0 Å². The van der Waals surface area contributed by atoms with Gasteiger partial charge in [-0.25, -0.2) is 9.18 Å². The molecule has 0 bridgehead atoms. The summed E-state index contributed by atoms with van der Waals surface area (Å²) in [5, 5.41) is 8.64. The lowest BCUT2D eigenvalue weighted by Gasteiger charge is -2.07. The van der Waals surface area contributed by atoms with Crippen LogP contribution in [0.2, 0.25) is 0 Å². The zero-order valence-electron chi connectivity index (χ0n) is 8.83. The van der Waals surface area contributed by atoms with E-state index in [1.165, 1.54) is 6.07 Å². The summed E-state index contributed by atoms with van der Waals surface area (Å²) in [5.74, 6) is -2.64. The Morgan fingerprint density at radius 1 is 1.39 bits per heavy atom. The van der Waals surface area contributed by atoms with Gasteiger partial charge in [0.15, 0.2) is 0 Å². The van der Waals surface area contributed by atoms with Crippen molar-refractivity contribution in [3.05, 3.63) is 29.6 Å². The molecular weight excluding hydrogens is 276 g/mol. The Balaban J connectivity index is 2.53. The van der Waals surface area contributed by atoms with Crippen molar-refractivity contribution < 1.29 is 32.2 Å². The zero-order valence-corrected chi connectivity index (χ0v) is 9.65. The Morgan fingerprint density at radius 3 is 2.61 bits per heavy atom. The van der Waals surface area contributed by atoms with Crippen molar-refractivity contribution in [2.45, 2.75) is 11.1 Å². The van der Waals surface area contributed by atoms with E-state index in [0.717, 1.165) is 23.9 Å². The van der Waals surface area contributed by atoms with Gasteiger partial charge in [0, 0.05) is 4.90 Å². The Hall–Kier alpha value is -1.28. The van der Waals surface area contributed by atoms with Crippen LogP contribution in [0, 0.1) is 5.82 Å². The molecule has 0 atom stereocenters. The summed E-state index contributed by atoms with van der Waals surface area (Å²) in [7, 11) is 0. The molecule has 0 aliphatic heterocycles. The fourth-order valence-corrected chi connectivity index (χ4v) is 1.69. The molecule has 0 spiro atoms. The van der Waals surface area contributed by atoms with E-state index in [4.69, 9.17) is 5.11 Å². The normalized spacial score (nSPS) is 11.6. The van der Waals surface area contributed by atoms with Gasteiger partial charge in [-0.2, -0.15) is 13.2 Å². The lowest BCUT2D eigenvalue weighted by Crippen LogP contribution is -2.16. The largest absolute Gasteiger partial charge is 0.478 e. The number of carbonyl (C=O) groups is 1. The molecule has 0 unspecified atom stereocenters. The molecule has 0 aromatic heterocycles. The first-order chi connectivity index (χ1) is 8.29. The lowest BCUT2D eigenvalue weighted by molar-refractivity contribution is -0.168. The van der Waals surface area contributed by atoms with Crippen LogP contribution in [0.4, 0.5) is 17.6 Å². The number of benzene rings is 1. The van der Waals surface area contributed by atoms with E-state index in [1.807, 2.05) is 0 Å². The minimum atomic E-state index is -4.41. The smallest absolute Gasteiger partial charge is 0.411 e. The van der Waals surface area contributed by atoms with E-state index in [0.29, 0.717) is 4.90 Å². The molecular formula is C10H8F4O3S. The van der Waals surface area contributed by atoms with Crippen LogP contribution >= 0.6 is 11.8 Å². The monoisotopic (exact) mass is 284 g/mol. The first-order valence-electron chi connectivity index (χ1n) is 4.60. The van der Waals surface area contributed by atoms with Gasteiger partial charge < -0.3 is 9.84 Å². The number of hydrogen-bond donors (Lipinski definition) is 1. The Morgan fingerprint density at radius 2 is 2.06 bits per heavy atom. The first-order valence-corrected chi connectivity index (χ1v) is 5.58. The molecule has 18 heavy (non-hydrogen) atoms. The summed E-state index contributed by atoms with van der Waals surface area (Å²) < 4.78 is 52.6. The summed E-state index contributed by atoms with van der Waals surface area (Å²) in [6.45, 7) is -1.38. The van der Waals surface area contributed by atoms with Crippen molar-refractivity contribution in [2.24, 2.45) is 0 Å². The summed E-state index contributed by atoms with van der Waals surface area (Å²) in [6, 6.07) is 3.25. The molecule has 0 aliphatic rings. The highest BCUT2D eigenvalue weighted by Gasteiger charge is 2.27. The van der Waals surface area contributed by atoms with Crippen LogP contribution in [0.15, 0.2) is 23.1 Å². The fraction of sp³-hybridized carbons (Fsp3) is 0.300. The van der Waals surface area contributed by atoms with Gasteiger partial charge in [0.05, 0.1) is 11.5 Å². The number of ether oxygens (including phenoxy) is 1. The topological polar surface area (TPSA) is 46.5 Å². The maximum Gasteiger partial charge on any atom is 0.411 e. The van der Waals surface area contributed by atoms with Gasteiger partial charge in [0.1, 0.15) is 12.4 Å². The molecule has 100 valence electrons. The van der Waals surface area contributed by atoms with Crippen LogP contribution in [-0.2, 0) is 4.74 Å². The molecule has 0 saturated heterocycles. The SMILES string of the molecule is O=C(O)c1cc(SCOCC(F)(F)F)ccc1F. The standard InChI is InChI=1S/C10H8F4O3S/c11-8-2-1-6(3-7(8)9(15)16)18-5-17-4-10(12,13)14/h1-3H,4-5H2,(H,15,16). The molecule has 0 heterocycles. The highest BCUT2D eigenvalue weighted by atomic mass is 32.2. The molecule has 3 nitrogen and oxygen atoms in total. The second kappa shape index (κ2) is 6.05. The number of aromatic carboxylic acids is 1. The summed E-state index contributed by atoms with van der Waals surface area (Å²) >= 11 is 0.849. The molecule has 0 radical (unpaired) electrons. The van der Waals surface area contributed by atoms with E-state index in [9.17, 15) is 22.4 Å². The summed E-state index contributed by atoms with van der Waals surface area (Å²) in [4.78, 5) is 10.9. The zero-order chi connectivity index (χ0) is 13.8. The van der Waals surface area contributed by atoms with Gasteiger partial charge in [-0.1, -0.05) is 11.8 Å². The molecule has 0 fully saturated rings. The predicted molar refractivity (Wildman–Crippen MR) is 56.1 cm³/mol. The van der Waals surface area contributed by atoms with Crippen molar-refractivity contribution in [3.8, 4) is 0 Å². The Bertz CT molecular complexity index is 434. The van der Waals surface area contributed by atoms with Gasteiger partial charge in [-0.15, -0.1) is 0 Å². The van der Waals surface area contributed by atoms with Crippen LogP contribution in [0.5, 0.6) is 0 Å². The third-order valence-electron chi connectivity index (χ3n) is 1.74. The second-order valence-corrected chi connectivity index (χ2v) is 4.17. The van der Waals surface area contributed by atoms with Crippen LogP contribution < -0.4 is 0 Å². The summed E-state index contributed by atoms with van der Waals surface area (Å²) in [5.41, 5.74) is -0.532. The van der Waals surface area contributed by atoms with Gasteiger partial charge >= 0.3 is 12.1 Å². The summed E-state index contributed by atoms with van der Waals surface area (Å²) in [6.07, 6.45) is -4.41. The molecule has 0 amide bonds. The highest BCUT2D eigenvalue weighted by Crippen LogP contribution is 2.22. The predicted octanol–water partition coefficient (Wildman–Crippen LogP) is 3.15. The minimum Gasteiger partial charge on any atom is -0.478 e. The Labute approximate surface area is 104 Å².